The van der Waals surface area contributed by atoms with E-state index in [9.17, 15) is 4.79 Å². The first-order chi connectivity index (χ1) is 8.87. The van der Waals surface area contributed by atoms with Crippen LogP contribution in [0.5, 0.6) is 0 Å². The molecule has 0 saturated heterocycles. The molecule has 5 nitrogen and oxygen atoms in total. The number of benzene rings is 1. The molecule has 1 aromatic carbocycles. The van der Waals surface area contributed by atoms with Crippen LogP contribution in [0.25, 0.3) is 5.69 Å². The number of ether oxygens (including phenoxy) is 1. The minimum absolute atomic E-state index is 0.378. The summed E-state index contributed by atoms with van der Waals surface area (Å²) >= 11 is 0. The number of nitrogen functional groups attached to an aromatic ring is 1. The Balaban J connectivity index is 2.27. The predicted molar refractivity (Wildman–Crippen MR) is 73.1 cm³/mol. The number of carbonyl (C=O) groups is 1. The van der Waals surface area contributed by atoms with Crippen molar-refractivity contribution < 1.29 is 9.53 Å². The fourth-order valence-electron chi connectivity index (χ4n) is 1.66. The van der Waals surface area contributed by atoms with E-state index in [1.54, 1.807) is 41.5 Å². The molecule has 0 unspecified atom stereocenters. The number of aromatic nitrogens is 2. The van der Waals surface area contributed by atoms with Gasteiger partial charge in [0.25, 0.3) is 0 Å². The van der Waals surface area contributed by atoms with Crippen LogP contribution in [0.3, 0.4) is 0 Å². The number of esters is 1. The Kier molecular flexibility index (Phi) is 3.29. The highest BCUT2D eigenvalue weighted by atomic mass is 16.6. The maximum absolute atomic E-state index is 11.9. The Labute approximate surface area is 112 Å². The second kappa shape index (κ2) is 4.76. The Morgan fingerprint density at radius 3 is 2.63 bits per heavy atom. The zero-order chi connectivity index (χ0) is 14.0. The fraction of sp³-hybridized carbons (Fsp3) is 0.286. The van der Waals surface area contributed by atoms with E-state index in [4.69, 9.17) is 10.5 Å². The van der Waals surface area contributed by atoms with Gasteiger partial charge in [-0.1, -0.05) is 0 Å². The molecule has 0 spiro atoms. The standard InChI is InChI=1S/C14H17N3O2/c1-14(2,3)19-13(18)10-4-5-12(11(15)8-10)17-7-6-16-9-17/h4-9H,15H2,1-3H3. The maximum Gasteiger partial charge on any atom is 0.338 e. The lowest BCUT2D eigenvalue weighted by atomic mass is 10.1. The van der Waals surface area contributed by atoms with Gasteiger partial charge in [0.2, 0.25) is 0 Å². The number of nitrogens with two attached hydrogens (primary N) is 1. The molecular formula is C14H17N3O2. The first-order valence-electron chi connectivity index (χ1n) is 5.98. The second-order valence-corrected chi connectivity index (χ2v) is 5.25. The zero-order valence-corrected chi connectivity index (χ0v) is 11.3. The van der Waals surface area contributed by atoms with Crippen molar-refractivity contribution in [2.24, 2.45) is 0 Å². The molecule has 0 saturated carbocycles. The third kappa shape index (κ3) is 3.13. The summed E-state index contributed by atoms with van der Waals surface area (Å²) in [5.74, 6) is -0.378. The lowest BCUT2D eigenvalue weighted by Crippen LogP contribution is -2.24. The van der Waals surface area contributed by atoms with E-state index in [0.717, 1.165) is 5.69 Å². The summed E-state index contributed by atoms with van der Waals surface area (Å²) in [5.41, 5.74) is 7.16. The van der Waals surface area contributed by atoms with Crippen LogP contribution in [0, 0.1) is 0 Å². The molecule has 0 aliphatic carbocycles. The number of hydrogen-bond acceptors (Lipinski definition) is 4. The summed E-state index contributed by atoms with van der Waals surface area (Å²) in [6.45, 7) is 5.48. The summed E-state index contributed by atoms with van der Waals surface area (Å²) in [5, 5.41) is 0. The molecule has 0 aliphatic heterocycles. The molecule has 19 heavy (non-hydrogen) atoms. The smallest absolute Gasteiger partial charge is 0.338 e. The molecule has 100 valence electrons. The van der Waals surface area contributed by atoms with Gasteiger partial charge >= 0.3 is 5.97 Å². The van der Waals surface area contributed by atoms with Gasteiger partial charge in [-0.2, -0.15) is 0 Å². The topological polar surface area (TPSA) is 70.1 Å². The van der Waals surface area contributed by atoms with E-state index in [1.807, 2.05) is 20.8 Å². The number of hydrogen-bond donors (Lipinski definition) is 1. The summed E-state index contributed by atoms with van der Waals surface area (Å²) in [6.07, 6.45) is 5.11. The average molecular weight is 259 g/mol. The van der Waals surface area contributed by atoms with Crippen LogP contribution >= 0.6 is 0 Å². The van der Waals surface area contributed by atoms with E-state index >= 15 is 0 Å². The van der Waals surface area contributed by atoms with Gasteiger partial charge in [-0.05, 0) is 39.0 Å². The van der Waals surface area contributed by atoms with Crippen molar-refractivity contribution in [3.63, 3.8) is 0 Å². The lowest BCUT2D eigenvalue weighted by molar-refractivity contribution is 0.00696. The number of carbonyl (C=O) groups excluding carboxylic acids is 1. The highest BCUT2D eigenvalue weighted by Crippen LogP contribution is 2.20. The molecule has 0 bridgehead atoms. The van der Waals surface area contributed by atoms with Gasteiger partial charge in [0, 0.05) is 12.4 Å². The van der Waals surface area contributed by atoms with Gasteiger partial charge in [-0.25, -0.2) is 9.78 Å². The summed E-state index contributed by atoms with van der Waals surface area (Å²) in [4.78, 5) is 15.9. The number of rotatable bonds is 2. The number of nitrogens with zero attached hydrogens (tertiary/aromatic N) is 2. The first kappa shape index (κ1) is 13.1. The SMILES string of the molecule is CC(C)(C)OC(=O)c1ccc(-n2ccnc2)c(N)c1. The van der Waals surface area contributed by atoms with E-state index in [0.29, 0.717) is 11.3 Å². The van der Waals surface area contributed by atoms with Crippen molar-refractivity contribution in [2.45, 2.75) is 26.4 Å². The lowest BCUT2D eigenvalue weighted by Gasteiger charge is -2.19. The molecule has 1 aromatic heterocycles. The zero-order valence-electron chi connectivity index (χ0n) is 11.3. The highest BCUT2D eigenvalue weighted by Gasteiger charge is 2.18. The molecule has 2 N–H and O–H groups in total. The normalized spacial score (nSPS) is 11.3. The van der Waals surface area contributed by atoms with E-state index in [1.165, 1.54) is 0 Å². The number of anilines is 1. The monoisotopic (exact) mass is 259 g/mol. The molecule has 0 fully saturated rings. The van der Waals surface area contributed by atoms with Crippen LogP contribution in [-0.2, 0) is 4.74 Å². The second-order valence-electron chi connectivity index (χ2n) is 5.25. The largest absolute Gasteiger partial charge is 0.456 e. The van der Waals surface area contributed by atoms with E-state index < -0.39 is 5.60 Å². The van der Waals surface area contributed by atoms with Gasteiger partial charge < -0.3 is 15.0 Å². The van der Waals surface area contributed by atoms with Crippen LogP contribution in [0.4, 0.5) is 5.69 Å². The van der Waals surface area contributed by atoms with Gasteiger partial charge in [-0.15, -0.1) is 0 Å². The molecular weight excluding hydrogens is 242 g/mol. The van der Waals surface area contributed by atoms with Crippen molar-refractivity contribution >= 4 is 11.7 Å². The maximum atomic E-state index is 11.9. The Hall–Kier alpha value is -2.30. The molecule has 0 aliphatic rings. The van der Waals surface area contributed by atoms with Crippen LogP contribution < -0.4 is 5.73 Å². The van der Waals surface area contributed by atoms with Crippen LogP contribution in [0.2, 0.25) is 0 Å². The molecule has 2 aromatic rings. The van der Waals surface area contributed by atoms with Crippen molar-refractivity contribution in [3.05, 3.63) is 42.5 Å². The van der Waals surface area contributed by atoms with Gasteiger partial charge in [0.15, 0.2) is 0 Å². The van der Waals surface area contributed by atoms with Crippen molar-refractivity contribution in [1.29, 1.82) is 0 Å². The molecule has 0 amide bonds. The molecule has 1 heterocycles. The minimum atomic E-state index is -0.519. The molecule has 5 heteroatoms. The molecule has 0 radical (unpaired) electrons. The first-order valence-corrected chi connectivity index (χ1v) is 5.98. The number of imidazole rings is 1. The van der Waals surface area contributed by atoms with Gasteiger partial charge in [-0.3, -0.25) is 0 Å². The Morgan fingerprint density at radius 2 is 2.11 bits per heavy atom. The van der Waals surface area contributed by atoms with Crippen LogP contribution in [0.1, 0.15) is 31.1 Å². The van der Waals surface area contributed by atoms with Crippen LogP contribution in [0.15, 0.2) is 36.9 Å². The third-order valence-corrected chi connectivity index (χ3v) is 2.44. The molecule has 2 rings (SSSR count). The molecule has 0 atom stereocenters. The van der Waals surface area contributed by atoms with Crippen molar-refractivity contribution in [3.8, 4) is 5.69 Å². The van der Waals surface area contributed by atoms with E-state index in [-0.39, 0.29) is 5.97 Å². The summed E-state index contributed by atoms with van der Waals surface area (Å²) < 4.78 is 7.08. The quantitative estimate of drug-likeness (QED) is 0.664. The summed E-state index contributed by atoms with van der Waals surface area (Å²) in [6, 6.07) is 5.08. The van der Waals surface area contributed by atoms with E-state index in [2.05, 4.69) is 4.98 Å². The highest BCUT2D eigenvalue weighted by molar-refractivity contribution is 5.91. The van der Waals surface area contributed by atoms with Gasteiger partial charge in [0.05, 0.1) is 23.3 Å². The minimum Gasteiger partial charge on any atom is -0.456 e. The summed E-state index contributed by atoms with van der Waals surface area (Å²) in [7, 11) is 0. The van der Waals surface area contributed by atoms with Crippen LogP contribution in [-0.4, -0.2) is 21.1 Å². The van der Waals surface area contributed by atoms with Gasteiger partial charge in [0.1, 0.15) is 5.60 Å². The Bertz CT molecular complexity index is 583. The van der Waals surface area contributed by atoms with Crippen molar-refractivity contribution in [2.75, 3.05) is 5.73 Å². The average Bonchev–Trinajstić information content (AvgIpc) is 2.79. The Morgan fingerprint density at radius 1 is 1.37 bits per heavy atom. The predicted octanol–water partition coefficient (Wildman–Crippen LogP) is 2.41. The fourth-order valence-corrected chi connectivity index (χ4v) is 1.66. The van der Waals surface area contributed by atoms with Crippen molar-refractivity contribution in [1.82, 2.24) is 9.55 Å². The third-order valence-electron chi connectivity index (χ3n) is 2.44.